The number of hydrogen-bond donors (Lipinski definition) is 1. The van der Waals surface area contributed by atoms with Crippen LogP contribution in [0.25, 0.3) is 0 Å². The predicted octanol–water partition coefficient (Wildman–Crippen LogP) is 3.35. The number of halogens is 1. The number of H-pyrrole nitrogens is 1. The van der Waals surface area contributed by atoms with Crippen molar-refractivity contribution in [2.75, 3.05) is 6.61 Å². The Morgan fingerprint density at radius 1 is 1.33 bits per heavy atom. The number of nitrogens with one attached hydrogen (secondary N) is 1. The van der Waals surface area contributed by atoms with Gasteiger partial charge in [0.1, 0.15) is 22.7 Å². The fourth-order valence-electron chi connectivity index (χ4n) is 2.53. The lowest BCUT2D eigenvalue weighted by Crippen LogP contribution is -2.25. The Bertz CT molecular complexity index is 747. The summed E-state index contributed by atoms with van der Waals surface area (Å²) in [7, 11) is 0. The zero-order chi connectivity index (χ0) is 15.2. The molecule has 0 radical (unpaired) electrons. The van der Waals surface area contributed by atoms with E-state index >= 15 is 0 Å². The number of aromatic amines is 1. The highest BCUT2D eigenvalue weighted by Crippen LogP contribution is 2.37. The van der Waals surface area contributed by atoms with Gasteiger partial charge in [-0.1, -0.05) is 39.0 Å². The summed E-state index contributed by atoms with van der Waals surface area (Å²) in [5, 5.41) is 0. The van der Waals surface area contributed by atoms with Crippen LogP contribution in [0.5, 0.6) is 5.75 Å². The molecule has 1 aliphatic rings. The molecule has 0 saturated heterocycles. The Kier molecular flexibility index (Phi) is 3.40. The van der Waals surface area contributed by atoms with Gasteiger partial charge in [0, 0.05) is 11.0 Å². The third kappa shape index (κ3) is 2.50. The summed E-state index contributed by atoms with van der Waals surface area (Å²) in [6, 6.07) is 7.88. The number of benzene rings is 1. The van der Waals surface area contributed by atoms with Gasteiger partial charge in [0.2, 0.25) is 0 Å². The van der Waals surface area contributed by atoms with Crippen molar-refractivity contribution in [2.45, 2.75) is 32.1 Å². The van der Waals surface area contributed by atoms with E-state index in [0.29, 0.717) is 16.9 Å². The van der Waals surface area contributed by atoms with Crippen LogP contribution < -0.4 is 10.3 Å². The average Bonchev–Trinajstić information content (AvgIpc) is 2.84. The van der Waals surface area contributed by atoms with Gasteiger partial charge in [0.25, 0.3) is 5.56 Å². The molecule has 1 atom stereocenters. The molecule has 1 N–H and O–H groups in total. The fraction of sp³-hybridized carbons (Fsp3) is 0.375. The number of aromatic nitrogens is 2. The Morgan fingerprint density at radius 2 is 2.05 bits per heavy atom. The van der Waals surface area contributed by atoms with E-state index in [4.69, 9.17) is 9.72 Å². The van der Waals surface area contributed by atoms with Crippen LogP contribution in [-0.2, 0) is 5.41 Å². The molecule has 2 heterocycles. The fourth-order valence-corrected chi connectivity index (χ4v) is 3.31. The van der Waals surface area contributed by atoms with Crippen molar-refractivity contribution in [3.8, 4) is 5.75 Å². The zero-order valence-corrected chi connectivity index (χ0v) is 13.8. The Labute approximate surface area is 131 Å². The van der Waals surface area contributed by atoms with Gasteiger partial charge >= 0.3 is 0 Å². The second-order valence-electron chi connectivity index (χ2n) is 6.27. The molecule has 0 saturated carbocycles. The predicted molar refractivity (Wildman–Crippen MR) is 85.0 cm³/mol. The molecule has 1 aromatic carbocycles. The molecule has 0 aliphatic carbocycles. The maximum atomic E-state index is 12.2. The van der Waals surface area contributed by atoms with Gasteiger partial charge in [-0.15, -0.1) is 0 Å². The van der Waals surface area contributed by atoms with Crippen LogP contribution in [0.4, 0.5) is 0 Å². The van der Waals surface area contributed by atoms with Crippen LogP contribution >= 0.6 is 15.9 Å². The highest BCUT2D eigenvalue weighted by molar-refractivity contribution is 9.10. The first-order valence-electron chi connectivity index (χ1n) is 6.90. The topological polar surface area (TPSA) is 55.0 Å². The number of hydrogen-bond acceptors (Lipinski definition) is 3. The number of rotatable bonds is 1. The van der Waals surface area contributed by atoms with Crippen molar-refractivity contribution in [2.24, 2.45) is 0 Å². The molecule has 0 amide bonds. The number of nitrogens with zero attached hydrogens (tertiary/aromatic N) is 1. The van der Waals surface area contributed by atoms with Crippen LogP contribution in [0.1, 0.15) is 43.8 Å². The lowest BCUT2D eigenvalue weighted by molar-refractivity contribution is 0.339. The molecular weight excluding hydrogens is 332 g/mol. The van der Waals surface area contributed by atoms with E-state index in [-0.39, 0.29) is 16.9 Å². The van der Waals surface area contributed by atoms with Gasteiger partial charge in [-0.2, -0.15) is 0 Å². The maximum Gasteiger partial charge on any atom is 0.265 e. The Morgan fingerprint density at radius 3 is 2.76 bits per heavy atom. The molecule has 1 aromatic heterocycles. The largest absolute Gasteiger partial charge is 0.492 e. The minimum atomic E-state index is -0.208. The molecule has 4 nitrogen and oxygen atoms in total. The quantitative estimate of drug-likeness (QED) is 0.859. The molecule has 21 heavy (non-hydrogen) atoms. The van der Waals surface area contributed by atoms with Crippen LogP contribution in [0, 0.1) is 0 Å². The molecule has 0 fully saturated rings. The van der Waals surface area contributed by atoms with Crippen molar-refractivity contribution >= 4 is 15.9 Å². The summed E-state index contributed by atoms with van der Waals surface area (Å²) < 4.78 is 6.19. The van der Waals surface area contributed by atoms with Crippen LogP contribution in [0.15, 0.2) is 33.5 Å². The van der Waals surface area contributed by atoms with E-state index in [0.717, 1.165) is 17.0 Å². The van der Waals surface area contributed by atoms with E-state index in [9.17, 15) is 4.79 Å². The second-order valence-corrected chi connectivity index (χ2v) is 7.06. The third-order valence-corrected chi connectivity index (χ3v) is 4.36. The van der Waals surface area contributed by atoms with Gasteiger partial charge in [-0.05, 0) is 22.0 Å². The van der Waals surface area contributed by atoms with E-state index < -0.39 is 0 Å². The van der Waals surface area contributed by atoms with Crippen LogP contribution in [0.3, 0.4) is 0 Å². The van der Waals surface area contributed by atoms with Gasteiger partial charge in [0.05, 0.1) is 11.6 Å². The first kappa shape index (κ1) is 14.3. The molecular formula is C16H17BrN2O2. The monoisotopic (exact) mass is 348 g/mol. The van der Waals surface area contributed by atoms with Crippen molar-refractivity contribution in [3.05, 3.63) is 56.2 Å². The molecule has 2 aromatic rings. The Hall–Kier alpha value is -1.62. The van der Waals surface area contributed by atoms with E-state index in [1.54, 1.807) is 0 Å². The SMILES string of the molecule is CC(C)(C)c1nc(C2COc3ccccc32)[nH]c(=O)c1Br. The molecule has 5 heteroatoms. The van der Waals surface area contributed by atoms with Crippen molar-refractivity contribution in [1.29, 1.82) is 0 Å². The molecule has 1 unspecified atom stereocenters. The van der Waals surface area contributed by atoms with Gasteiger partial charge < -0.3 is 9.72 Å². The minimum absolute atomic E-state index is 0.0249. The first-order chi connectivity index (χ1) is 9.88. The number of para-hydroxylation sites is 1. The van der Waals surface area contributed by atoms with E-state index in [2.05, 4.69) is 20.9 Å². The summed E-state index contributed by atoms with van der Waals surface area (Å²) in [5.41, 5.74) is 1.49. The lowest BCUT2D eigenvalue weighted by atomic mass is 9.91. The van der Waals surface area contributed by atoms with Crippen LogP contribution in [-0.4, -0.2) is 16.6 Å². The highest BCUT2D eigenvalue weighted by Gasteiger charge is 2.30. The smallest absolute Gasteiger partial charge is 0.265 e. The third-order valence-electron chi connectivity index (χ3n) is 3.62. The molecule has 110 valence electrons. The maximum absolute atomic E-state index is 12.2. The highest BCUT2D eigenvalue weighted by atomic mass is 79.9. The summed E-state index contributed by atoms with van der Waals surface area (Å²) in [5.74, 6) is 1.51. The van der Waals surface area contributed by atoms with E-state index in [1.807, 2.05) is 45.0 Å². The number of ether oxygens (including phenoxy) is 1. The zero-order valence-electron chi connectivity index (χ0n) is 12.2. The van der Waals surface area contributed by atoms with Gasteiger partial charge in [-0.3, -0.25) is 4.79 Å². The van der Waals surface area contributed by atoms with Crippen molar-refractivity contribution in [3.63, 3.8) is 0 Å². The lowest BCUT2D eigenvalue weighted by Gasteiger charge is -2.20. The average molecular weight is 349 g/mol. The molecule has 3 rings (SSSR count). The van der Waals surface area contributed by atoms with Crippen molar-refractivity contribution < 1.29 is 4.74 Å². The summed E-state index contributed by atoms with van der Waals surface area (Å²) in [6.45, 7) is 6.64. The van der Waals surface area contributed by atoms with Gasteiger partial charge in [-0.25, -0.2) is 4.98 Å². The molecule has 1 aliphatic heterocycles. The Balaban J connectivity index is 2.13. The minimum Gasteiger partial charge on any atom is -0.492 e. The first-order valence-corrected chi connectivity index (χ1v) is 7.69. The normalized spacial score (nSPS) is 17.4. The van der Waals surface area contributed by atoms with Gasteiger partial charge in [0.15, 0.2) is 0 Å². The summed E-state index contributed by atoms with van der Waals surface area (Å²) in [6.07, 6.45) is 0. The van der Waals surface area contributed by atoms with E-state index in [1.165, 1.54) is 0 Å². The summed E-state index contributed by atoms with van der Waals surface area (Å²) >= 11 is 3.35. The van der Waals surface area contributed by atoms with Crippen molar-refractivity contribution in [1.82, 2.24) is 9.97 Å². The molecule has 0 spiro atoms. The van der Waals surface area contributed by atoms with Crippen LogP contribution in [0.2, 0.25) is 0 Å². The summed E-state index contributed by atoms with van der Waals surface area (Å²) in [4.78, 5) is 19.8. The standard InChI is InChI=1S/C16H17BrN2O2/c1-16(2,3)13-12(17)15(20)19-14(18-13)10-8-21-11-7-5-4-6-9(10)11/h4-7,10H,8H2,1-3H3,(H,18,19,20). The molecule has 0 bridgehead atoms. The number of fused-ring (bicyclic) bond motifs is 1. The second kappa shape index (κ2) is 4.98.